The monoisotopic (exact) mass is 356 g/mol. The molecule has 0 spiro atoms. The van der Waals surface area contributed by atoms with Gasteiger partial charge < -0.3 is 5.32 Å². The van der Waals surface area contributed by atoms with Gasteiger partial charge in [-0.05, 0) is 66.4 Å². The predicted molar refractivity (Wildman–Crippen MR) is 90.5 cm³/mol. The molecule has 0 bridgehead atoms. The number of aryl methyl sites for hydroxylation is 1. The second kappa shape index (κ2) is 5.36. The van der Waals surface area contributed by atoms with E-state index < -0.39 is 0 Å². The normalized spacial score (nSPS) is 16.7. The Bertz CT molecular complexity index is 863. The van der Waals surface area contributed by atoms with E-state index >= 15 is 0 Å². The van der Waals surface area contributed by atoms with Gasteiger partial charge >= 0.3 is 0 Å². The standard InChI is InChI=1S/C18H14BrFN2/c19-13-3-7-16-12(9-13)2-8-18(21-16)22-17-6-1-11-10-14(20)4-5-15(11)17/h2-5,7-10,17H,1,6H2,(H,21,22)/t17-/m1/s1. The van der Waals surface area contributed by atoms with Crippen molar-refractivity contribution >= 4 is 32.7 Å². The molecule has 1 aliphatic carbocycles. The topological polar surface area (TPSA) is 24.9 Å². The average molecular weight is 357 g/mol. The fourth-order valence-corrected chi connectivity index (χ4v) is 3.47. The molecule has 1 heterocycles. The average Bonchev–Trinajstić information content (AvgIpc) is 2.89. The van der Waals surface area contributed by atoms with Crippen LogP contribution in [0.25, 0.3) is 10.9 Å². The minimum Gasteiger partial charge on any atom is -0.363 e. The number of rotatable bonds is 2. The number of anilines is 1. The van der Waals surface area contributed by atoms with E-state index in [1.807, 2.05) is 24.3 Å². The quantitative estimate of drug-likeness (QED) is 0.679. The Hall–Kier alpha value is -1.94. The zero-order valence-electron chi connectivity index (χ0n) is 11.8. The first kappa shape index (κ1) is 13.7. The van der Waals surface area contributed by atoms with Crippen LogP contribution in [0, 0.1) is 5.82 Å². The Labute approximate surface area is 136 Å². The molecule has 22 heavy (non-hydrogen) atoms. The van der Waals surface area contributed by atoms with E-state index in [9.17, 15) is 4.39 Å². The van der Waals surface area contributed by atoms with E-state index in [2.05, 4.69) is 38.4 Å². The van der Waals surface area contributed by atoms with Crippen molar-refractivity contribution in [1.82, 2.24) is 4.98 Å². The molecule has 0 unspecified atom stereocenters. The number of nitrogens with zero attached hydrogens (tertiary/aromatic N) is 1. The zero-order chi connectivity index (χ0) is 15.1. The fraction of sp³-hybridized carbons (Fsp3) is 0.167. The van der Waals surface area contributed by atoms with Crippen molar-refractivity contribution < 1.29 is 4.39 Å². The molecule has 1 aliphatic rings. The van der Waals surface area contributed by atoms with Gasteiger partial charge in [0.2, 0.25) is 0 Å². The molecule has 4 rings (SSSR count). The van der Waals surface area contributed by atoms with Crippen molar-refractivity contribution in [2.45, 2.75) is 18.9 Å². The number of aromatic nitrogens is 1. The van der Waals surface area contributed by atoms with Crippen molar-refractivity contribution in [3.05, 3.63) is 69.9 Å². The number of hydrogen-bond acceptors (Lipinski definition) is 2. The summed E-state index contributed by atoms with van der Waals surface area (Å²) in [5, 5.41) is 4.58. The SMILES string of the molecule is Fc1ccc2c(c1)CC[C@H]2Nc1ccc2cc(Br)ccc2n1. The number of benzene rings is 2. The van der Waals surface area contributed by atoms with Crippen molar-refractivity contribution in [2.75, 3.05) is 5.32 Å². The van der Waals surface area contributed by atoms with Crippen molar-refractivity contribution in [2.24, 2.45) is 0 Å². The minimum absolute atomic E-state index is 0.159. The highest BCUT2D eigenvalue weighted by molar-refractivity contribution is 9.10. The maximum absolute atomic E-state index is 13.3. The molecule has 1 N–H and O–H groups in total. The molecule has 0 saturated carbocycles. The van der Waals surface area contributed by atoms with E-state index in [1.165, 1.54) is 11.6 Å². The van der Waals surface area contributed by atoms with Crippen LogP contribution in [0.5, 0.6) is 0 Å². The molecule has 4 heteroatoms. The number of halogens is 2. The third kappa shape index (κ3) is 2.48. The molecule has 110 valence electrons. The Kier molecular flexibility index (Phi) is 3.34. The fourth-order valence-electron chi connectivity index (χ4n) is 3.09. The molecule has 0 aliphatic heterocycles. The second-order valence-corrected chi connectivity index (χ2v) is 6.53. The molecule has 0 amide bonds. The van der Waals surface area contributed by atoms with Gasteiger partial charge in [-0.2, -0.15) is 0 Å². The lowest BCUT2D eigenvalue weighted by Crippen LogP contribution is -2.08. The van der Waals surface area contributed by atoms with E-state index in [0.29, 0.717) is 0 Å². The lowest BCUT2D eigenvalue weighted by atomic mass is 10.1. The first-order valence-electron chi connectivity index (χ1n) is 7.30. The molecule has 0 radical (unpaired) electrons. The maximum atomic E-state index is 13.3. The summed E-state index contributed by atoms with van der Waals surface area (Å²) in [7, 11) is 0. The van der Waals surface area contributed by atoms with Gasteiger partial charge in [-0.1, -0.05) is 22.0 Å². The van der Waals surface area contributed by atoms with E-state index in [0.717, 1.165) is 39.6 Å². The number of hydrogen-bond donors (Lipinski definition) is 1. The Morgan fingerprint density at radius 2 is 2.00 bits per heavy atom. The Morgan fingerprint density at radius 1 is 1.09 bits per heavy atom. The van der Waals surface area contributed by atoms with Crippen LogP contribution in [0.15, 0.2) is 53.0 Å². The summed E-state index contributed by atoms with van der Waals surface area (Å²) in [5.74, 6) is 0.700. The summed E-state index contributed by atoms with van der Waals surface area (Å²) in [6.45, 7) is 0. The van der Waals surface area contributed by atoms with Gasteiger partial charge in [-0.3, -0.25) is 0 Å². The molecule has 1 aromatic heterocycles. The summed E-state index contributed by atoms with van der Waals surface area (Å²) in [6, 6.07) is 15.4. The summed E-state index contributed by atoms with van der Waals surface area (Å²) < 4.78 is 14.3. The van der Waals surface area contributed by atoms with Crippen LogP contribution in [0.4, 0.5) is 10.2 Å². The van der Waals surface area contributed by atoms with Gasteiger partial charge in [0.1, 0.15) is 11.6 Å². The number of fused-ring (bicyclic) bond motifs is 2. The molecule has 3 aromatic rings. The lowest BCUT2D eigenvalue weighted by Gasteiger charge is -2.15. The van der Waals surface area contributed by atoms with Crippen molar-refractivity contribution in [3.63, 3.8) is 0 Å². The van der Waals surface area contributed by atoms with Gasteiger partial charge in [0.15, 0.2) is 0 Å². The second-order valence-electron chi connectivity index (χ2n) is 5.61. The highest BCUT2D eigenvalue weighted by atomic mass is 79.9. The highest BCUT2D eigenvalue weighted by Gasteiger charge is 2.22. The third-order valence-corrected chi connectivity index (χ3v) is 4.65. The van der Waals surface area contributed by atoms with Gasteiger partial charge in [-0.25, -0.2) is 9.37 Å². The van der Waals surface area contributed by atoms with Gasteiger partial charge in [0, 0.05) is 9.86 Å². The molecule has 0 saturated heterocycles. The van der Waals surface area contributed by atoms with Crippen LogP contribution in [0.2, 0.25) is 0 Å². The summed E-state index contributed by atoms with van der Waals surface area (Å²) in [6.07, 6.45) is 1.88. The first-order valence-corrected chi connectivity index (χ1v) is 8.09. The lowest BCUT2D eigenvalue weighted by molar-refractivity contribution is 0.626. The predicted octanol–water partition coefficient (Wildman–Crippen LogP) is 5.24. The van der Waals surface area contributed by atoms with Crippen LogP contribution < -0.4 is 5.32 Å². The molecule has 2 aromatic carbocycles. The number of nitrogens with one attached hydrogen (secondary N) is 1. The van der Waals surface area contributed by atoms with Crippen LogP contribution in [0.3, 0.4) is 0 Å². The highest BCUT2D eigenvalue weighted by Crippen LogP contribution is 2.34. The molecule has 2 nitrogen and oxygen atoms in total. The first-order chi connectivity index (χ1) is 10.7. The van der Waals surface area contributed by atoms with Crippen LogP contribution in [-0.2, 0) is 6.42 Å². The summed E-state index contributed by atoms with van der Waals surface area (Å²) in [5.41, 5.74) is 3.24. The van der Waals surface area contributed by atoms with E-state index in [1.54, 1.807) is 6.07 Å². The minimum atomic E-state index is -0.159. The van der Waals surface area contributed by atoms with Crippen LogP contribution >= 0.6 is 15.9 Å². The molecule has 1 atom stereocenters. The van der Waals surface area contributed by atoms with Gasteiger partial charge in [0.05, 0.1) is 11.6 Å². The zero-order valence-corrected chi connectivity index (χ0v) is 13.4. The van der Waals surface area contributed by atoms with Crippen LogP contribution in [0.1, 0.15) is 23.6 Å². The summed E-state index contributed by atoms with van der Waals surface area (Å²) in [4.78, 5) is 4.66. The maximum Gasteiger partial charge on any atom is 0.127 e. The van der Waals surface area contributed by atoms with Gasteiger partial charge in [0.25, 0.3) is 0 Å². The third-order valence-electron chi connectivity index (χ3n) is 4.16. The smallest absolute Gasteiger partial charge is 0.127 e. The number of pyridine rings is 1. The van der Waals surface area contributed by atoms with Crippen molar-refractivity contribution in [3.8, 4) is 0 Å². The largest absolute Gasteiger partial charge is 0.363 e. The molecular weight excluding hydrogens is 343 g/mol. The molecule has 0 fully saturated rings. The van der Waals surface area contributed by atoms with Crippen molar-refractivity contribution in [1.29, 1.82) is 0 Å². The Balaban J connectivity index is 1.64. The van der Waals surface area contributed by atoms with E-state index in [4.69, 9.17) is 0 Å². The molecular formula is C18H14BrFN2. The van der Waals surface area contributed by atoms with Gasteiger partial charge in [-0.15, -0.1) is 0 Å². The van der Waals surface area contributed by atoms with E-state index in [-0.39, 0.29) is 11.9 Å². The summed E-state index contributed by atoms with van der Waals surface area (Å²) >= 11 is 3.47. The Morgan fingerprint density at radius 3 is 2.91 bits per heavy atom. The van der Waals surface area contributed by atoms with Crippen LogP contribution in [-0.4, -0.2) is 4.98 Å².